The van der Waals surface area contributed by atoms with Crippen molar-refractivity contribution in [1.29, 1.82) is 0 Å². The lowest BCUT2D eigenvalue weighted by atomic mass is 9.97. The van der Waals surface area contributed by atoms with E-state index in [2.05, 4.69) is 70.6 Å². The Kier molecular flexibility index (Phi) is 8.63. The van der Waals surface area contributed by atoms with E-state index in [0.717, 1.165) is 41.0 Å². The van der Waals surface area contributed by atoms with Crippen molar-refractivity contribution < 1.29 is 9.47 Å². The Morgan fingerprint density at radius 3 is 2.59 bits per heavy atom. The smallest absolute Gasteiger partial charge is 0.175 e. The molecule has 156 valence electrons. The average Bonchev–Trinajstić information content (AvgIpc) is 2.73. The van der Waals surface area contributed by atoms with Crippen LogP contribution < -0.4 is 14.8 Å². The summed E-state index contributed by atoms with van der Waals surface area (Å²) in [5.41, 5.74) is 5.20. The number of ether oxygens (including phenoxy) is 2. The Morgan fingerprint density at radius 1 is 1.03 bits per heavy atom. The first-order valence-electron chi connectivity index (χ1n) is 10.7. The standard InChI is InChI=1S/C25H32BrNO2/c1-3-28-24-16-22(17-27-14-13-20-7-5-4-6-8-20)15-23(26)25(24)29-18-21-11-9-19(2)10-12-21/h7,9-12,15-16,27H,3-6,8,13-14,17-18H2,1-2H3. The van der Waals surface area contributed by atoms with Crippen molar-refractivity contribution in [3.05, 3.63) is 69.2 Å². The summed E-state index contributed by atoms with van der Waals surface area (Å²) in [6.07, 6.45) is 8.80. The van der Waals surface area contributed by atoms with Crippen LogP contribution in [0.2, 0.25) is 0 Å². The molecule has 29 heavy (non-hydrogen) atoms. The first kappa shape index (κ1) is 21.9. The normalized spacial score (nSPS) is 13.8. The number of hydrogen-bond acceptors (Lipinski definition) is 3. The fourth-order valence-corrected chi connectivity index (χ4v) is 4.18. The summed E-state index contributed by atoms with van der Waals surface area (Å²) in [5, 5.41) is 3.57. The van der Waals surface area contributed by atoms with E-state index in [1.54, 1.807) is 5.57 Å². The summed E-state index contributed by atoms with van der Waals surface area (Å²) in [5.74, 6) is 1.56. The quantitative estimate of drug-likeness (QED) is 0.317. The number of halogens is 1. The van der Waals surface area contributed by atoms with E-state index in [1.807, 2.05) is 6.92 Å². The summed E-state index contributed by atoms with van der Waals surface area (Å²) in [6.45, 7) is 7.06. The van der Waals surface area contributed by atoms with E-state index in [0.29, 0.717) is 13.2 Å². The molecule has 0 unspecified atom stereocenters. The highest BCUT2D eigenvalue weighted by Gasteiger charge is 2.13. The number of rotatable bonds is 10. The number of allylic oxidation sites excluding steroid dienone is 1. The van der Waals surface area contributed by atoms with E-state index in [9.17, 15) is 0 Å². The molecule has 3 nitrogen and oxygen atoms in total. The Hall–Kier alpha value is -1.78. The van der Waals surface area contributed by atoms with E-state index in [1.165, 1.54) is 36.8 Å². The predicted octanol–water partition coefficient (Wildman–Crippen LogP) is 6.72. The molecule has 1 aliphatic rings. The second kappa shape index (κ2) is 11.4. The second-order valence-corrected chi connectivity index (χ2v) is 8.50. The third-order valence-electron chi connectivity index (χ3n) is 5.21. The van der Waals surface area contributed by atoms with Crippen LogP contribution in [0.3, 0.4) is 0 Å². The van der Waals surface area contributed by atoms with Gasteiger partial charge < -0.3 is 14.8 Å². The van der Waals surface area contributed by atoms with Crippen LogP contribution in [-0.2, 0) is 13.2 Å². The van der Waals surface area contributed by atoms with Gasteiger partial charge in [0.05, 0.1) is 11.1 Å². The van der Waals surface area contributed by atoms with Gasteiger partial charge in [-0.3, -0.25) is 0 Å². The van der Waals surface area contributed by atoms with Crippen LogP contribution in [0.5, 0.6) is 11.5 Å². The van der Waals surface area contributed by atoms with Crippen molar-refractivity contribution in [3.8, 4) is 11.5 Å². The highest BCUT2D eigenvalue weighted by molar-refractivity contribution is 9.10. The van der Waals surface area contributed by atoms with Crippen LogP contribution in [0.25, 0.3) is 0 Å². The van der Waals surface area contributed by atoms with Crippen molar-refractivity contribution >= 4 is 15.9 Å². The monoisotopic (exact) mass is 457 g/mol. The van der Waals surface area contributed by atoms with Crippen LogP contribution in [-0.4, -0.2) is 13.2 Å². The SMILES string of the molecule is CCOc1cc(CNCCC2=CCCCC2)cc(Br)c1OCc1ccc(C)cc1. The highest BCUT2D eigenvalue weighted by atomic mass is 79.9. The number of nitrogens with one attached hydrogen (secondary N) is 1. The molecule has 0 spiro atoms. The minimum atomic E-state index is 0.520. The average molecular weight is 458 g/mol. The van der Waals surface area contributed by atoms with E-state index < -0.39 is 0 Å². The molecular weight excluding hydrogens is 426 g/mol. The lowest BCUT2D eigenvalue weighted by molar-refractivity contribution is 0.267. The van der Waals surface area contributed by atoms with Gasteiger partial charge in [0.15, 0.2) is 11.5 Å². The van der Waals surface area contributed by atoms with Crippen LogP contribution in [0, 0.1) is 6.92 Å². The third kappa shape index (κ3) is 6.90. The molecule has 1 N–H and O–H groups in total. The third-order valence-corrected chi connectivity index (χ3v) is 5.80. The van der Waals surface area contributed by atoms with Crippen LogP contribution in [0.4, 0.5) is 0 Å². The summed E-state index contributed by atoms with van der Waals surface area (Å²) in [6, 6.07) is 12.6. The maximum absolute atomic E-state index is 6.11. The maximum atomic E-state index is 6.11. The Balaban J connectivity index is 1.59. The summed E-state index contributed by atoms with van der Waals surface area (Å²) < 4.78 is 12.9. The summed E-state index contributed by atoms with van der Waals surface area (Å²) in [4.78, 5) is 0. The largest absolute Gasteiger partial charge is 0.490 e. The van der Waals surface area contributed by atoms with Gasteiger partial charge in [-0.05, 0) is 91.7 Å². The first-order valence-corrected chi connectivity index (χ1v) is 11.5. The first-order chi connectivity index (χ1) is 14.2. The van der Waals surface area contributed by atoms with Crippen LogP contribution in [0.15, 0.2) is 52.5 Å². The molecule has 0 amide bonds. The molecule has 0 aromatic heterocycles. The molecule has 0 radical (unpaired) electrons. The minimum absolute atomic E-state index is 0.520. The van der Waals surface area contributed by atoms with Gasteiger partial charge in [0, 0.05) is 6.54 Å². The Morgan fingerprint density at radius 2 is 1.86 bits per heavy atom. The lowest BCUT2D eigenvalue weighted by Crippen LogP contribution is -2.16. The van der Waals surface area contributed by atoms with Gasteiger partial charge >= 0.3 is 0 Å². The fourth-order valence-electron chi connectivity index (χ4n) is 3.58. The molecule has 4 heteroatoms. The maximum Gasteiger partial charge on any atom is 0.175 e. The number of aryl methyl sites for hydroxylation is 1. The molecular formula is C25H32BrNO2. The van der Waals surface area contributed by atoms with Crippen LogP contribution >= 0.6 is 15.9 Å². The molecule has 0 saturated heterocycles. The lowest BCUT2D eigenvalue weighted by Gasteiger charge is -2.16. The highest BCUT2D eigenvalue weighted by Crippen LogP contribution is 2.37. The second-order valence-electron chi connectivity index (χ2n) is 7.65. The zero-order valence-electron chi connectivity index (χ0n) is 17.6. The summed E-state index contributed by atoms with van der Waals surface area (Å²) >= 11 is 3.68. The molecule has 2 aromatic rings. The van der Waals surface area contributed by atoms with E-state index in [-0.39, 0.29) is 0 Å². The predicted molar refractivity (Wildman–Crippen MR) is 124 cm³/mol. The van der Waals surface area contributed by atoms with Gasteiger partial charge in [0.25, 0.3) is 0 Å². The molecule has 2 aromatic carbocycles. The zero-order chi connectivity index (χ0) is 20.5. The zero-order valence-corrected chi connectivity index (χ0v) is 19.2. The van der Waals surface area contributed by atoms with Gasteiger partial charge in [-0.1, -0.05) is 41.5 Å². The Bertz CT molecular complexity index is 814. The van der Waals surface area contributed by atoms with Gasteiger partial charge in [0.2, 0.25) is 0 Å². The number of benzene rings is 2. The molecule has 0 aliphatic heterocycles. The Labute approximate surface area is 183 Å². The molecule has 3 rings (SSSR count). The molecule has 0 saturated carbocycles. The van der Waals surface area contributed by atoms with Crippen LogP contribution in [0.1, 0.15) is 55.7 Å². The molecule has 0 bridgehead atoms. The topological polar surface area (TPSA) is 30.5 Å². The van der Waals surface area contributed by atoms with Crippen molar-refractivity contribution in [2.45, 2.75) is 59.1 Å². The van der Waals surface area contributed by atoms with Crippen molar-refractivity contribution in [3.63, 3.8) is 0 Å². The van der Waals surface area contributed by atoms with Gasteiger partial charge in [-0.15, -0.1) is 0 Å². The van der Waals surface area contributed by atoms with Gasteiger partial charge in [-0.2, -0.15) is 0 Å². The van der Waals surface area contributed by atoms with Crippen molar-refractivity contribution in [2.24, 2.45) is 0 Å². The molecule has 0 heterocycles. The van der Waals surface area contributed by atoms with Crippen molar-refractivity contribution in [2.75, 3.05) is 13.2 Å². The van der Waals surface area contributed by atoms with Crippen molar-refractivity contribution in [1.82, 2.24) is 5.32 Å². The van der Waals surface area contributed by atoms with E-state index >= 15 is 0 Å². The molecule has 0 fully saturated rings. The van der Waals surface area contributed by atoms with E-state index in [4.69, 9.17) is 9.47 Å². The summed E-state index contributed by atoms with van der Waals surface area (Å²) in [7, 11) is 0. The van der Waals surface area contributed by atoms with Gasteiger partial charge in [-0.25, -0.2) is 0 Å². The molecule has 0 atom stereocenters. The van der Waals surface area contributed by atoms with Gasteiger partial charge in [0.1, 0.15) is 6.61 Å². The minimum Gasteiger partial charge on any atom is -0.490 e. The fraction of sp³-hybridized carbons (Fsp3) is 0.440. The number of hydrogen-bond donors (Lipinski definition) is 1. The molecule has 1 aliphatic carbocycles.